The number of fused-ring (bicyclic) bond motifs is 1. The number of hydrogen-bond donors (Lipinski definition) is 1. The smallest absolute Gasteiger partial charge is 0.303 e. The quantitative estimate of drug-likeness (QED) is 0.942. The first-order valence-corrected chi connectivity index (χ1v) is 6.86. The molecule has 0 bridgehead atoms. The Morgan fingerprint density at radius 3 is 2.70 bits per heavy atom. The summed E-state index contributed by atoms with van der Waals surface area (Å²) in [6.07, 6.45) is 0.189. The molecule has 0 unspecified atom stereocenters. The third kappa shape index (κ3) is 2.56. The summed E-state index contributed by atoms with van der Waals surface area (Å²) in [7, 11) is 0. The van der Waals surface area contributed by atoms with Crippen molar-refractivity contribution in [2.75, 3.05) is 0 Å². The predicted molar refractivity (Wildman–Crippen MR) is 79.6 cm³/mol. The first kappa shape index (κ1) is 14.6. The van der Waals surface area contributed by atoms with Gasteiger partial charge in [0.15, 0.2) is 5.43 Å². The molecule has 0 amide bonds. The second-order valence-electron chi connectivity index (χ2n) is 4.69. The van der Waals surface area contributed by atoms with E-state index in [1.165, 1.54) is 0 Å². The molecule has 0 atom stereocenters. The van der Waals surface area contributed by atoms with E-state index in [4.69, 9.17) is 16.7 Å². The van der Waals surface area contributed by atoms with Gasteiger partial charge < -0.3 is 9.67 Å². The van der Waals surface area contributed by atoms with Gasteiger partial charge in [-0.05, 0) is 38.5 Å². The number of aliphatic carboxylic acids is 1. The first-order valence-electron chi connectivity index (χ1n) is 6.49. The number of aromatic nitrogens is 1. The second-order valence-corrected chi connectivity index (χ2v) is 5.13. The highest BCUT2D eigenvalue weighted by atomic mass is 35.5. The summed E-state index contributed by atoms with van der Waals surface area (Å²) in [6, 6.07) is 5.23. The van der Waals surface area contributed by atoms with E-state index >= 15 is 0 Å². The molecule has 2 aromatic rings. The third-order valence-electron chi connectivity index (χ3n) is 3.51. The fourth-order valence-corrected chi connectivity index (χ4v) is 2.70. The zero-order valence-electron chi connectivity index (χ0n) is 11.4. The van der Waals surface area contributed by atoms with Crippen molar-refractivity contribution in [3.8, 4) is 0 Å². The Morgan fingerprint density at radius 2 is 2.10 bits per heavy atom. The number of hydrogen-bond acceptors (Lipinski definition) is 2. The van der Waals surface area contributed by atoms with Crippen molar-refractivity contribution >= 4 is 28.5 Å². The molecule has 1 aromatic heterocycles. The topological polar surface area (TPSA) is 59.3 Å². The molecule has 5 heteroatoms. The Bertz CT molecular complexity index is 734. The number of benzene rings is 1. The zero-order chi connectivity index (χ0) is 14.9. The fourth-order valence-electron chi connectivity index (χ4n) is 2.53. The predicted octanol–water partition coefficient (Wildman–Crippen LogP) is 3.00. The first-order chi connectivity index (χ1) is 9.45. The molecule has 0 saturated carbocycles. The summed E-state index contributed by atoms with van der Waals surface area (Å²) in [4.78, 5) is 23.3. The molecular formula is C15H16ClNO3. The van der Waals surface area contributed by atoms with Crippen LogP contribution in [0, 0.1) is 6.92 Å². The van der Waals surface area contributed by atoms with Gasteiger partial charge in [0.1, 0.15) is 0 Å². The van der Waals surface area contributed by atoms with Crippen molar-refractivity contribution in [3.63, 3.8) is 0 Å². The van der Waals surface area contributed by atoms with Gasteiger partial charge in [-0.15, -0.1) is 0 Å². The van der Waals surface area contributed by atoms with Crippen molar-refractivity contribution in [3.05, 3.63) is 44.7 Å². The van der Waals surface area contributed by atoms with Gasteiger partial charge in [0, 0.05) is 34.6 Å². The van der Waals surface area contributed by atoms with E-state index in [2.05, 4.69) is 0 Å². The minimum atomic E-state index is -0.905. The highest BCUT2D eigenvalue weighted by Gasteiger charge is 2.14. The van der Waals surface area contributed by atoms with E-state index in [1.807, 2.05) is 24.5 Å². The van der Waals surface area contributed by atoms with E-state index in [0.29, 0.717) is 22.5 Å². The molecule has 0 saturated heterocycles. The Morgan fingerprint density at radius 1 is 1.40 bits per heavy atom. The van der Waals surface area contributed by atoms with Crippen LogP contribution in [0.3, 0.4) is 0 Å². The lowest BCUT2D eigenvalue weighted by atomic mass is 10.0. The van der Waals surface area contributed by atoms with Crippen molar-refractivity contribution in [2.24, 2.45) is 0 Å². The lowest BCUT2D eigenvalue weighted by molar-refractivity contribution is -0.136. The van der Waals surface area contributed by atoms with Gasteiger partial charge in [0.25, 0.3) is 0 Å². The number of pyridine rings is 1. The van der Waals surface area contributed by atoms with Crippen LogP contribution in [0.2, 0.25) is 5.02 Å². The summed E-state index contributed by atoms with van der Waals surface area (Å²) >= 11 is 5.96. The number of halogens is 1. The molecule has 0 fully saturated rings. The van der Waals surface area contributed by atoms with Gasteiger partial charge in [-0.2, -0.15) is 0 Å². The number of nitrogens with zero attached hydrogens (tertiary/aromatic N) is 1. The van der Waals surface area contributed by atoms with Crippen molar-refractivity contribution < 1.29 is 9.90 Å². The second kappa shape index (κ2) is 5.67. The lowest BCUT2D eigenvalue weighted by Crippen LogP contribution is -2.19. The number of carboxylic acid groups (broad SMARTS) is 1. The summed E-state index contributed by atoms with van der Waals surface area (Å²) in [6.45, 7) is 4.56. The Balaban J connectivity index is 2.74. The van der Waals surface area contributed by atoms with E-state index in [9.17, 15) is 9.59 Å². The third-order valence-corrected chi connectivity index (χ3v) is 3.75. The summed E-state index contributed by atoms with van der Waals surface area (Å²) in [5, 5.41) is 9.86. The normalized spacial score (nSPS) is 10.9. The molecule has 0 aliphatic rings. The van der Waals surface area contributed by atoms with Crippen LogP contribution in [-0.2, 0) is 17.8 Å². The highest BCUT2D eigenvalue weighted by molar-refractivity contribution is 6.31. The van der Waals surface area contributed by atoms with Gasteiger partial charge in [-0.3, -0.25) is 9.59 Å². The van der Waals surface area contributed by atoms with Crippen molar-refractivity contribution in [2.45, 2.75) is 33.2 Å². The largest absolute Gasteiger partial charge is 0.481 e. The van der Waals surface area contributed by atoms with Crippen LogP contribution in [0.4, 0.5) is 0 Å². The van der Waals surface area contributed by atoms with Crippen LogP contribution in [0.1, 0.15) is 24.6 Å². The van der Waals surface area contributed by atoms with Crippen LogP contribution in [0.5, 0.6) is 0 Å². The van der Waals surface area contributed by atoms with Gasteiger partial charge in [-0.1, -0.05) is 11.6 Å². The van der Waals surface area contributed by atoms with E-state index in [0.717, 1.165) is 11.2 Å². The van der Waals surface area contributed by atoms with Crippen LogP contribution >= 0.6 is 11.6 Å². The Hall–Kier alpha value is -1.81. The maximum absolute atomic E-state index is 12.5. The Labute approximate surface area is 121 Å². The monoisotopic (exact) mass is 293 g/mol. The molecule has 0 aliphatic heterocycles. The fraction of sp³-hybridized carbons (Fsp3) is 0.333. The van der Waals surface area contributed by atoms with Crippen LogP contribution in [0.15, 0.2) is 23.0 Å². The molecule has 20 heavy (non-hydrogen) atoms. The summed E-state index contributed by atoms with van der Waals surface area (Å²) < 4.78 is 2.02. The minimum Gasteiger partial charge on any atom is -0.481 e. The molecule has 2 rings (SSSR count). The molecule has 0 radical (unpaired) electrons. The average Bonchev–Trinajstić information content (AvgIpc) is 2.39. The summed E-state index contributed by atoms with van der Waals surface area (Å²) in [5.74, 6) is -0.905. The molecule has 0 aliphatic carbocycles. The number of rotatable bonds is 4. The Kier molecular flexibility index (Phi) is 4.14. The summed E-state index contributed by atoms with van der Waals surface area (Å²) in [5.41, 5.74) is 2.10. The number of carbonyl (C=O) groups is 1. The minimum absolute atomic E-state index is 0.0497. The van der Waals surface area contributed by atoms with Gasteiger partial charge in [0.2, 0.25) is 0 Å². The van der Waals surface area contributed by atoms with Crippen molar-refractivity contribution in [1.82, 2.24) is 4.57 Å². The van der Waals surface area contributed by atoms with Gasteiger partial charge in [-0.25, -0.2) is 0 Å². The van der Waals surface area contributed by atoms with Crippen molar-refractivity contribution in [1.29, 1.82) is 0 Å². The van der Waals surface area contributed by atoms with Gasteiger partial charge in [0.05, 0.1) is 5.52 Å². The molecule has 1 aromatic carbocycles. The molecule has 106 valence electrons. The van der Waals surface area contributed by atoms with Gasteiger partial charge >= 0.3 is 5.97 Å². The molecular weight excluding hydrogens is 278 g/mol. The molecule has 1 N–H and O–H groups in total. The average molecular weight is 294 g/mol. The maximum atomic E-state index is 12.5. The SMILES string of the molecule is CCn1c(C)c(CCC(=O)O)c(=O)c2cc(Cl)ccc21. The zero-order valence-corrected chi connectivity index (χ0v) is 12.2. The number of carboxylic acids is 1. The van der Waals surface area contributed by atoms with Crippen LogP contribution in [-0.4, -0.2) is 15.6 Å². The van der Waals surface area contributed by atoms with Crippen LogP contribution in [0.25, 0.3) is 10.9 Å². The highest BCUT2D eigenvalue weighted by Crippen LogP contribution is 2.20. The molecule has 4 nitrogen and oxygen atoms in total. The van der Waals surface area contributed by atoms with E-state index in [-0.39, 0.29) is 18.3 Å². The molecule has 1 heterocycles. The lowest BCUT2D eigenvalue weighted by Gasteiger charge is -2.16. The van der Waals surface area contributed by atoms with E-state index in [1.54, 1.807) is 12.1 Å². The van der Waals surface area contributed by atoms with E-state index < -0.39 is 5.97 Å². The molecule has 0 spiro atoms. The maximum Gasteiger partial charge on any atom is 0.303 e. The number of aryl methyl sites for hydroxylation is 1. The standard InChI is InChI=1S/C15H16ClNO3/c1-3-17-9(2)11(5-7-14(18)19)15(20)12-8-10(16)4-6-13(12)17/h4,6,8H,3,5,7H2,1-2H3,(H,18,19). The van der Waals surface area contributed by atoms with Crippen LogP contribution < -0.4 is 5.43 Å².